The lowest BCUT2D eigenvalue weighted by atomic mass is 10.1. The van der Waals surface area contributed by atoms with Crippen LogP contribution in [0.3, 0.4) is 0 Å². The molecule has 2 aromatic carbocycles. The molecule has 8 heteroatoms. The van der Waals surface area contributed by atoms with Gasteiger partial charge >= 0.3 is 5.97 Å². The second-order valence-electron chi connectivity index (χ2n) is 6.63. The van der Waals surface area contributed by atoms with Crippen molar-refractivity contribution >= 4 is 27.6 Å². The number of nitrogens with one attached hydrogen (secondary N) is 1. The number of sulfonamides is 1. The van der Waals surface area contributed by atoms with Gasteiger partial charge in [0, 0.05) is 18.8 Å². The van der Waals surface area contributed by atoms with Gasteiger partial charge in [-0.1, -0.05) is 23.8 Å². The van der Waals surface area contributed by atoms with Crippen LogP contribution in [0.15, 0.2) is 53.4 Å². The van der Waals surface area contributed by atoms with Gasteiger partial charge < -0.3 is 10.1 Å². The summed E-state index contributed by atoms with van der Waals surface area (Å²) in [5.41, 5.74) is 1.70. The zero-order valence-corrected chi connectivity index (χ0v) is 16.4. The number of ether oxygens (including phenoxy) is 1. The van der Waals surface area contributed by atoms with E-state index in [1.807, 2.05) is 6.92 Å². The summed E-state index contributed by atoms with van der Waals surface area (Å²) in [6.07, 6.45) is 1.70. The van der Waals surface area contributed by atoms with Crippen LogP contribution in [0.4, 0.5) is 5.69 Å². The molecular weight excluding hydrogens is 380 g/mol. The van der Waals surface area contributed by atoms with E-state index in [1.54, 1.807) is 36.4 Å². The predicted molar refractivity (Wildman–Crippen MR) is 105 cm³/mol. The number of aryl methyl sites for hydroxylation is 1. The fraction of sp³-hybridized carbons (Fsp3) is 0.300. The maximum absolute atomic E-state index is 12.6. The Labute approximate surface area is 164 Å². The summed E-state index contributed by atoms with van der Waals surface area (Å²) < 4.78 is 31.7. The summed E-state index contributed by atoms with van der Waals surface area (Å²) in [4.78, 5) is 24.2. The van der Waals surface area contributed by atoms with Gasteiger partial charge in [0.05, 0.1) is 10.5 Å². The number of hydrogen-bond acceptors (Lipinski definition) is 5. The number of carbonyl (C=O) groups excluding carboxylic acids is 2. The van der Waals surface area contributed by atoms with E-state index in [1.165, 1.54) is 16.4 Å². The highest BCUT2D eigenvalue weighted by Crippen LogP contribution is 2.23. The first-order valence-corrected chi connectivity index (χ1v) is 10.4. The van der Waals surface area contributed by atoms with Crippen molar-refractivity contribution in [3.63, 3.8) is 0 Å². The number of amides is 1. The van der Waals surface area contributed by atoms with Crippen LogP contribution in [0.2, 0.25) is 0 Å². The van der Waals surface area contributed by atoms with Gasteiger partial charge in [-0.15, -0.1) is 0 Å². The molecule has 28 heavy (non-hydrogen) atoms. The molecule has 0 radical (unpaired) electrons. The van der Waals surface area contributed by atoms with E-state index in [9.17, 15) is 18.0 Å². The summed E-state index contributed by atoms with van der Waals surface area (Å²) >= 11 is 0. The molecule has 0 aliphatic carbocycles. The van der Waals surface area contributed by atoms with E-state index >= 15 is 0 Å². The van der Waals surface area contributed by atoms with Crippen molar-refractivity contribution in [1.29, 1.82) is 0 Å². The van der Waals surface area contributed by atoms with Crippen LogP contribution >= 0.6 is 0 Å². The van der Waals surface area contributed by atoms with Gasteiger partial charge in [0.15, 0.2) is 6.61 Å². The molecule has 0 unspecified atom stereocenters. The highest BCUT2D eigenvalue weighted by molar-refractivity contribution is 7.89. The second-order valence-corrected chi connectivity index (χ2v) is 8.57. The summed E-state index contributed by atoms with van der Waals surface area (Å²) in [7, 11) is -3.57. The lowest BCUT2D eigenvalue weighted by molar-refractivity contribution is -0.119. The predicted octanol–water partition coefficient (Wildman–Crippen LogP) is 2.58. The average Bonchev–Trinajstić information content (AvgIpc) is 3.22. The molecule has 1 aliphatic rings. The van der Waals surface area contributed by atoms with Gasteiger partial charge in [0.2, 0.25) is 10.0 Å². The number of hydrogen-bond donors (Lipinski definition) is 1. The third-order valence-corrected chi connectivity index (χ3v) is 6.34. The van der Waals surface area contributed by atoms with Crippen LogP contribution in [0, 0.1) is 6.92 Å². The van der Waals surface area contributed by atoms with Gasteiger partial charge in [-0.05, 0) is 50.1 Å². The molecule has 1 saturated heterocycles. The van der Waals surface area contributed by atoms with Crippen LogP contribution in [-0.2, 0) is 19.6 Å². The van der Waals surface area contributed by atoms with Crippen LogP contribution in [0.25, 0.3) is 0 Å². The summed E-state index contributed by atoms with van der Waals surface area (Å²) in [6.45, 7) is 2.46. The van der Waals surface area contributed by atoms with Crippen molar-refractivity contribution in [3.8, 4) is 0 Å². The van der Waals surface area contributed by atoms with E-state index in [-0.39, 0.29) is 4.90 Å². The number of rotatable bonds is 6. The fourth-order valence-corrected chi connectivity index (χ4v) is 4.48. The summed E-state index contributed by atoms with van der Waals surface area (Å²) in [5, 5.41) is 2.56. The third-order valence-electron chi connectivity index (χ3n) is 4.44. The molecule has 0 spiro atoms. The minimum Gasteiger partial charge on any atom is -0.452 e. The van der Waals surface area contributed by atoms with Crippen molar-refractivity contribution in [1.82, 2.24) is 4.31 Å². The highest BCUT2D eigenvalue weighted by atomic mass is 32.2. The normalized spacial score (nSPS) is 14.6. The van der Waals surface area contributed by atoms with Crippen LogP contribution in [0.1, 0.15) is 28.8 Å². The summed E-state index contributed by atoms with van der Waals surface area (Å²) in [6, 6.07) is 12.9. The van der Waals surface area contributed by atoms with E-state index in [0.717, 1.165) is 18.4 Å². The van der Waals surface area contributed by atoms with E-state index < -0.39 is 28.5 Å². The lowest BCUT2D eigenvalue weighted by Crippen LogP contribution is -2.28. The van der Waals surface area contributed by atoms with E-state index in [0.29, 0.717) is 24.3 Å². The van der Waals surface area contributed by atoms with Crippen molar-refractivity contribution < 1.29 is 22.7 Å². The molecule has 0 aromatic heterocycles. The van der Waals surface area contributed by atoms with Gasteiger partial charge in [-0.25, -0.2) is 13.2 Å². The van der Waals surface area contributed by atoms with Gasteiger partial charge in [-0.2, -0.15) is 4.31 Å². The zero-order valence-electron chi connectivity index (χ0n) is 15.6. The van der Waals surface area contributed by atoms with Gasteiger partial charge in [0.25, 0.3) is 5.91 Å². The molecule has 1 N–H and O–H groups in total. The standard InChI is InChI=1S/C20H22N2O5S/c1-15-7-9-16(10-8-15)20(24)27-14-19(23)21-17-5-4-6-18(13-17)28(25,26)22-11-2-3-12-22/h4-10,13H,2-3,11-12,14H2,1H3,(H,21,23). The van der Waals surface area contributed by atoms with Gasteiger partial charge in [-0.3, -0.25) is 4.79 Å². The Morgan fingerprint density at radius 1 is 1.07 bits per heavy atom. The van der Waals surface area contributed by atoms with Crippen LogP contribution in [-0.4, -0.2) is 44.3 Å². The maximum Gasteiger partial charge on any atom is 0.338 e. The molecule has 2 aromatic rings. The fourth-order valence-electron chi connectivity index (χ4n) is 2.91. The number of esters is 1. The third kappa shape index (κ3) is 4.76. The van der Waals surface area contributed by atoms with Crippen molar-refractivity contribution in [3.05, 3.63) is 59.7 Å². The Kier molecular flexibility index (Phi) is 6.11. The minimum atomic E-state index is -3.57. The zero-order chi connectivity index (χ0) is 20.1. The second kappa shape index (κ2) is 8.53. The molecule has 1 heterocycles. The smallest absolute Gasteiger partial charge is 0.338 e. The average molecular weight is 402 g/mol. The number of anilines is 1. The molecule has 1 amide bonds. The SMILES string of the molecule is Cc1ccc(C(=O)OCC(=O)Nc2cccc(S(=O)(=O)N3CCCC3)c2)cc1. The molecule has 7 nitrogen and oxygen atoms in total. The highest BCUT2D eigenvalue weighted by Gasteiger charge is 2.27. The Hall–Kier alpha value is -2.71. The lowest BCUT2D eigenvalue weighted by Gasteiger charge is -2.16. The number of benzene rings is 2. The molecule has 148 valence electrons. The molecule has 0 bridgehead atoms. The number of carbonyl (C=O) groups is 2. The molecule has 0 saturated carbocycles. The van der Waals surface area contributed by atoms with Crippen LogP contribution < -0.4 is 5.32 Å². The Morgan fingerprint density at radius 2 is 1.75 bits per heavy atom. The quantitative estimate of drug-likeness (QED) is 0.750. The first kappa shape index (κ1) is 20.0. The van der Waals surface area contributed by atoms with E-state index in [4.69, 9.17) is 4.74 Å². The van der Waals surface area contributed by atoms with E-state index in [2.05, 4.69) is 5.32 Å². The minimum absolute atomic E-state index is 0.129. The largest absolute Gasteiger partial charge is 0.452 e. The van der Waals surface area contributed by atoms with Crippen LogP contribution in [0.5, 0.6) is 0 Å². The monoisotopic (exact) mass is 402 g/mol. The summed E-state index contributed by atoms with van der Waals surface area (Å²) in [5.74, 6) is -1.14. The Bertz CT molecular complexity index is 964. The molecule has 3 rings (SSSR count). The van der Waals surface area contributed by atoms with Crippen molar-refractivity contribution in [2.75, 3.05) is 25.0 Å². The maximum atomic E-state index is 12.6. The molecule has 0 atom stereocenters. The number of nitrogens with zero attached hydrogens (tertiary/aromatic N) is 1. The first-order chi connectivity index (χ1) is 13.4. The molecular formula is C20H22N2O5S. The first-order valence-electron chi connectivity index (χ1n) is 9.00. The van der Waals surface area contributed by atoms with Crippen molar-refractivity contribution in [2.24, 2.45) is 0 Å². The Balaban J connectivity index is 1.60. The topological polar surface area (TPSA) is 92.8 Å². The molecule has 1 aliphatic heterocycles. The van der Waals surface area contributed by atoms with Gasteiger partial charge in [0.1, 0.15) is 0 Å². The molecule has 1 fully saturated rings. The van der Waals surface area contributed by atoms with Crippen molar-refractivity contribution in [2.45, 2.75) is 24.7 Å². The Morgan fingerprint density at radius 3 is 2.43 bits per heavy atom.